The third kappa shape index (κ3) is 9.54. The first kappa shape index (κ1) is 45.3. The Morgan fingerprint density at radius 3 is 0.712 bits per heavy atom. The van der Waals surface area contributed by atoms with Crippen molar-refractivity contribution >= 4 is 90.5 Å². The highest BCUT2D eigenvalue weighted by Gasteiger charge is 2.18. The smallest absolute Gasteiger partial charge is 0.453 e. The maximum absolute atomic E-state index is 10.3. The van der Waals surface area contributed by atoms with E-state index in [0.717, 1.165) is 49.0 Å². The van der Waals surface area contributed by atoms with Crippen molar-refractivity contribution < 1.29 is 43.9 Å². The molecule has 13 rings (SSSR count). The van der Waals surface area contributed by atoms with Gasteiger partial charge in [-0.05, 0) is 60.7 Å². The van der Waals surface area contributed by atoms with Crippen LogP contribution in [0.3, 0.4) is 0 Å². The summed E-state index contributed by atoms with van der Waals surface area (Å²) in [5.74, 6) is 1.96. The third-order valence-corrected chi connectivity index (χ3v) is 15.0. The summed E-state index contributed by atoms with van der Waals surface area (Å²) >= 11 is 0. The van der Waals surface area contributed by atoms with Gasteiger partial charge in [0.05, 0.1) is 0 Å². The van der Waals surface area contributed by atoms with Gasteiger partial charge in [-0.3, -0.25) is 0 Å². The fourth-order valence-corrected chi connectivity index (χ4v) is 11.7. The molecular weight excluding hydrogens is 974 g/mol. The summed E-state index contributed by atoms with van der Waals surface area (Å²) in [6, 6.07) is 77.4. The summed E-state index contributed by atoms with van der Waals surface area (Å²) in [5, 5.41) is 16.0. The Morgan fingerprint density at radius 2 is 0.438 bits per heavy atom. The molecule has 10 nitrogen and oxygen atoms in total. The number of hydrogen-bond acceptors (Lipinski definition) is 10. The molecule has 3 aromatic heterocycles. The van der Waals surface area contributed by atoms with E-state index in [1.807, 2.05) is 231 Å². The topological polar surface area (TPSA) is 127 Å². The molecule has 0 spiro atoms. The van der Waals surface area contributed by atoms with Crippen molar-refractivity contribution in [3.8, 4) is 45.3 Å². The summed E-state index contributed by atoms with van der Waals surface area (Å²) in [7, 11) is -5.40. The maximum Gasteiger partial charge on any atom is 0.453 e. The number of para-hydroxylation sites is 10. The molecule has 0 amide bonds. The second kappa shape index (κ2) is 20.4. The number of fused-ring (bicyclic) bond motifs is 9. The van der Waals surface area contributed by atoms with Crippen molar-refractivity contribution in [1.29, 1.82) is 0 Å². The molecule has 0 radical (unpaired) electrons. The van der Waals surface area contributed by atoms with E-state index in [9.17, 15) is 5.11 Å². The molecule has 73 heavy (non-hydrogen) atoms. The average molecular weight is 1010 g/mol. The zero-order valence-corrected chi connectivity index (χ0v) is 41.2. The number of rotatable bonds is 8. The fourth-order valence-electron chi connectivity index (χ4n) is 8.51. The summed E-state index contributed by atoms with van der Waals surface area (Å²) in [6.45, 7) is 0. The predicted molar refractivity (Wildman–Crippen MR) is 292 cm³/mol. The van der Waals surface area contributed by atoms with E-state index >= 15 is 0 Å². The van der Waals surface area contributed by atoms with E-state index in [-0.39, 0.29) is 5.75 Å². The van der Waals surface area contributed by atoms with Crippen molar-refractivity contribution in [1.82, 2.24) is 0 Å². The van der Waals surface area contributed by atoms with E-state index in [0.29, 0.717) is 56.3 Å². The van der Waals surface area contributed by atoms with E-state index in [4.69, 9.17) is 38.8 Å². The predicted octanol–water partition coefficient (Wildman–Crippen LogP) is 19.7. The molecule has 0 aliphatic rings. The standard InChI is InChI=1S/C36H24O6P2.C24H17O4P/c1-7-19-31-25(13-1)26-14-2-8-20-32(26)38-43(37-31)41-35-23-11-5-17-29(35)30-18-6-12-24-36(30)42-44-39-33-21-9-3-15-27(33)28-16-4-10-22-34(28)40-44;25-21-13-5-1-9-17(21)18-10-2-6-14-22(18)26-29-27-23-15-7-3-11-19(23)20-12-4-8-16-24(20)28-29/h1-24H;1-16,25H. The molecule has 0 saturated carbocycles. The molecule has 1 N–H and O–H groups in total. The van der Waals surface area contributed by atoms with Crippen LogP contribution in [0.15, 0.2) is 268 Å². The molecule has 3 heterocycles. The Hall–Kier alpha value is -8.90. The van der Waals surface area contributed by atoms with E-state index in [1.165, 1.54) is 0 Å². The van der Waals surface area contributed by atoms with Crippen LogP contribution in [0, 0.1) is 0 Å². The average Bonchev–Trinajstić information content (AvgIpc) is 3.78. The van der Waals surface area contributed by atoms with Crippen LogP contribution in [0.1, 0.15) is 0 Å². The van der Waals surface area contributed by atoms with Crippen LogP contribution in [0.2, 0.25) is 0 Å². The number of benzene rings is 10. The Balaban J connectivity index is 0.000000162. The minimum absolute atomic E-state index is 0.190. The Labute approximate surface area is 420 Å². The minimum Gasteiger partial charge on any atom is -0.507 e. The van der Waals surface area contributed by atoms with Crippen LogP contribution in [0.4, 0.5) is 0 Å². The van der Waals surface area contributed by atoms with Gasteiger partial charge in [-0.2, -0.15) is 0 Å². The zero-order valence-electron chi connectivity index (χ0n) is 38.6. The highest BCUT2D eigenvalue weighted by atomic mass is 31.1. The lowest BCUT2D eigenvalue weighted by Gasteiger charge is -2.12. The van der Waals surface area contributed by atoms with Crippen LogP contribution in [-0.2, 0) is 0 Å². The first-order valence-corrected chi connectivity index (χ1v) is 26.5. The number of aromatic hydroxyl groups is 1. The van der Waals surface area contributed by atoms with Crippen molar-refractivity contribution in [2.24, 2.45) is 0 Å². The van der Waals surface area contributed by atoms with Gasteiger partial charge in [0.2, 0.25) is 0 Å². The molecule has 0 atom stereocenters. The van der Waals surface area contributed by atoms with Gasteiger partial charge in [0.15, 0.2) is 0 Å². The van der Waals surface area contributed by atoms with Gasteiger partial charge in [-0.1, -0.05) is 182 Å². The molecule has 13 heteroatoms. The number of phenolic OH excluding ortho intramolecular Hbond substituents is 1. The number of phenols is 1. The Bertz CT molecular complexity index is 3920. The summed E-state index contributed by atoms with van der Waals surface area (Å²) in [5.41, 5.74) is 7.33. The highest BCUT2D eigenvalue weighted by Crippen LogP contribution is 2.46. The lowest BCUT2D eigenvalue weighted by atomic mass is 10.0. The molecule has 0 saturated heterocycles. The second-order valence-corrected chi connectivity index (χ2v) is 19.5. The van der Waals surface area contributed by atoms with E-state index in [1.54, 1.807) is 12.1 Å². The molecular formula is C60H41O10P3. The van der Waals surface area contributed by atoms with Crippen LogP contribution >= 0.6 is 24.7 Å². The molecule has 0 aliphatic carbocycles. The van der Waals surface area contributed by atoms with Crippen LogP contribution in [0.25, 0.3) is 88.1 Å². The van der Waals surface area contributed by atoms with Gasteiger partial charge in [0.25, 0.3) is 0 Å². The first-order valence-electron chi connectivity index (χ1n) is 23.2. The quantitative estimate of drug-likeness (QED) is 0.157. The molecule has 356 valence electrons. The molecule has 10 aromatic carbocycles. The van der Waals surface area contributed by atoms with Crippen LogP contribution in [0.5, 0.6) is 23.0 Å². The van der Waals surface area contributed by atoms with Crippen LogP contribution in [-0.4, -0.2) is 5.11 Å². The number of hydrogen-bond donors (Lipinski definition) is 1. The lowest BCUT2D eigenvalue weighted by molar-refractivity contribution is 0.475. The monoisotopic (exact) mass is 1010 g/mol. The molecule has 0 fully saturated rings. The Kier molecular flexibility index (Phi) is 12.7. The van der Waals surface area contributed by atoms with Crippen molar-refractivity contribution in [2.75, 3.05) is 0 Å². The van der Waals surface area contributed by atoms with Crippen molar-refractivity contribution in [2.45, 2.75) is 0 Å². The van der Waals surface area contributed by atoms with Crippen LogP contribution < -0.4 is 13.6 Å². The SMILES string of the molecule is Oc1ccccc1-c1ccccc1Op1oc2ccccc2c2ccccc2o1.c1ccc(-c2ccccc2Op2oc3ccccc3c3ccccc3o2)c(Op2oc3ccccc3c3ccccc3o2)c1. The van der Waals surface area contributed by atoms with E-state index < -0.39 is 24.7 Å². The third-order valence-electron chi connectivity index (χ3n) is 11.9. The van der Waals surface area contributed by atoms with Gasteiger partial charge in [-0.15, -0.1) is 0 Å². The lowest BCUT2D eigenvalue weighted by Crippen LogP contribution is -1.89. The fraction of sp³-hybridized carbons (Fsp3) is 0. The molecule has 0 bridgehead atoms. The zero-order chi connectivity index (χ0) is 48.9. The normalized spacial score (nSPS) is 11.1. The van der Waals surface area contributed by atoms with Gasteiger partial charge < -0.3 is 43.9 Å². The summed E-state index contributed by atoms with van der Waals surface area (Å²) in [6.07, 6.45) is 0. The van der Waals surface area contributed by atoms with Gasteiger partial charge in [-0.25, -0.2) is 0 Å². The first-order chi connectivity index (χ1) is 36.1. The maximum atomic E-state index is 10.3. The van der Waals surface area contributed by atoms with Gasteiger partial charge >= 0.3 is 24.7 Å². The van der Waals surface area contributed by atoms with Crippen molar-refractivity contribution in [3.05, 3.63) is 243 Å². The second-order valence-electron chi connectivity index (χ2n) is 16.5. The molecule has 0 unspecified atom stereocenters. The largest absolute Gasteiger partial charge is 0.507 e. The van der Waals surface area contributed by atoms with Gasteiger partial charge in [0.1, 0.15) is 56.5 Å². The molecule has 13 aromatic rings. The van der Waals surface area contributed by atoms with E-state index in [2.05, 4.69) is 0 Å². The van der Waals surface area contributed by atoms with Gasteiger partial charge in [0, 0.05) is 54.6 Å². The Morgan fingerprint density at radius 1 is 0.233 bits per heavy atom. The summed E-state index contributed by atoms with van der Waals surface area (Å²) in [4.78, 5) is 0. The highest BCUT2D eigenvalue weighted by molar-refractivity contribution is 7.32. The summed E-state index contributed by atoms with van der Waals surface area (Å²) < 4.78 is 56.7. The molecule has 0 aliphatic heterocycles. The van der Waals surface area contributed by atoms with Crippen molar-refractivity contribution in [3.63, 3.8) is 0 Å². The minimum atomic E-state index is -1.83.